The number of benzene rings is 1. The van der Waals surface area contributed by atoms with E-state index in [2.05, 4.69) is 24.1 Å². The molecule has 2 aromatic rings. The van der Waals surface area contributed by atoms with Gasteiger partial charge < -0.3 is 14.6 Å². The van der Waals surface area contributed by atoms with E-state index in [4.69, 9.17) is 4.42 Å². The highest BCUT2D eigenvalue weighted by Gasteiger charge is 2.05. The van der Waals surface area contributed by atoms with Crippen molar-refractivity contribution in [2.24, 2.45) is 0 Å². The Labute approximate surface area is 132 Å². The van der Waals surface area contributed by atoms with E-state index < -0.39 is 0 Å². The lowest BCUT2D eigenvalue weighted by atomic mass is 10.2. The van der Waals surface area contributed by atoms with E-state index in [0.29, 0.717) is 0 Å². The predicted octanol–water partition coefficient (Wildman–Crippen LogP) is 3.91. The summed E-state index contributed by atoms with van der Waals surface area (Å²) in [5.41, 5.74) is 0.897. The van der Waals surface area contributed by atoms with Crippen LogP contribution >= 0.6 is 0 Å². The van der Waals surface area contributed by atoms with Crippen molar-refractivity contribution in [3.8, 4) is 11.3 Å². The Morgan fingerprint density at radius 2 is 1.77 bits per heavy atom. The van der Waals surface area contributed by atoms with Crippen molar-refractivity contribution in [3.05, 3.63) is 48.0 Å². The molecule has 2 rings (SSSR count). The molecule has 0 unspecified atom stereocenters. The molecule has 1 heterocycles. The quantitative estimate of drug-likeness (QED) is 0.712. The minimum atomic E-state index is -0.231. The van der Waals surface area contributed by atoms with Crippen LogP contribution in [0.4, 0.5) is 4.39 Å². The molecule has 120 valence electrons. The zero-order valence-corrected chi connectivity index (χ0v) is 13.4. The maximum atomic E-state index is 12.9. The van der Waals surface area contributed by atoms with E-state index in [9.17, 15) is 4.39 Å². The van der Waals surface area contributed by atoms with Gasteiger partial charge in [-0.1, -0.05) is 13.8 Å². The fourth-order valence-electron chi connectivity index (χ4n) is 2.42. The summed E-state index contributed by atoms with van der Waals surface area (Å²) >= 11 is 0. The maximum Gasteiger partial charge on any atom is 0.134 e. The van der Waals surface area contributed by atoms with Gasteiger partial charge in [0, 0.05) is 5.56 Å². The Kier molecular flexibility index (Phi) is 6.62. The van der Waals surface area contributed by atoms with Gasteiger partial charge in [0.1, 0.15) is 17.3 Å². The van der Waals surface area contributed by atoms with E-state index >= 15 is 0 Å². The number of furan rings is 1. The number of hydrogen-bond donors (Lipinski definition) is 1. The number of nitrogens with zero attached hydrogens (tertiary/aromatic N) is 1. The smallest absolute Gasteiger partial charge is 0.134 e. The monoisotopic (exact) mass is 304 g/mol. The maximum absolute atomic E-state index is 12.9. The summed E-state index contributed by atoms with van der Waals surface area (Å²) in [6.07, 6.45) is 1.13. The van der Waals surface area contributed by atoms with Crippen molar-refractivity contribution in [2.75, 3.05) is 26.2 Å². The average molecular weight is 304 g/mol. The molecule has 0 aliphatic carbocycles. The van der Waals surface area contributed by atoms with E-state index in [-0.39, 0.29) is 5.82 Å². The zero-order chi connectivity index (χ0) is 15.8. The third-order valence-electron chi connectivity index (χ3n) is 3.81. The van der Waals surface area contributed by atoms with Crippen molar-refractivity contribution in [2.45, 2.75) is 26.8 Å². The second-order valence-corrected chi connectivity index (χ2v) is 5.33. The Morgan fingerprint density at radius 1 is 1.05 bits per heavy atom. The Morgan fingerprint density at radius 3 is 2.45 bits per heavy atom. The molecule has 1 N–H and O–H groups in total. The summed E-state index contributed by atoms with van der Waals surface area (Å²) < 4.78 is 18.7. The molecule has 0 aliphatic heterocycles. The van der Waals surface area contributed by atoms with E-state index in [0.717, 1.165) is 56.2 Å². The van der Waals surface area contributed by atoms with Crippen molar-refractivity contribution in [1.82, 2.24) is 10.2 Å². The Hall–Kier alpha value is -1.65. The van der Waals surface area contributed by atoms with Crippen LogP contribution in [0.25, 0.3) is 11.3 Å². The third-order valence-corrected chi connectivity index (χ3v) is 3.81. The van der Waals surface area contributed by atoms with E-state index in [1.807, 2.05) is 12.1 Å². The first-order valence-corrected chi connectivity index (χ1v) is 8.00. The minimum absolute atomic E-state index is 0.231. The molecule has 0 saturated heterocycles. The third kappa shape index (κ3) is 4.97. The molecule has 4 heteroatoms. The molecule has 0 atom stereocenters. The fraction of sp³-hybridized carbons (Fsp3) is 0.444. The Bertz CT molecular complexity index is 546. The average Bonchev–Trinajstić information content (AvgIpc) is 3.00. The molecular weight excluding hydrogens is 279 g/mol. The van der Waals surface area contributed by atoms with Gasteiger partial charge in [0.15, 0.2) is 0 Å². The largest absolute Gasteiger partial charge is 0.460 e. The van der Waals surface area contributed by atoms with Crippen LogP contribution < -0.4 is 5.32 Å². The highest BCUT2D eigenvalue weighted by Crippen LogP contribution is 2.22. The van der Waals surface area contributed by atoms with Gasteiger partial charge in [-0.25, -0.2) is 4.39 Å². The Balaban J connectivity index is 1.74. The highest BCUT2D eigenvalue weighted by molar-refractivity contribution is 5.57. The van der Waals surface area contributed by atoms with Crippen LogP contribution in [-0.4, -0.2) is 31.1 Å². The predicted molar refractivity (Wildman–Crippen MR) is 88.2 cm³/mol. The molecule has 0 amide bonds. The number of hydrogen-bond acceptors (Lipinski definition) is 3. The van der Waals surface area contributed by atoms with Crippen LogP contribution in [0, 0.1) is 5.82 Å². The zero-order valence-electron chi connectivity index (χ0n) is 13.4. The summed E-state index contributed by atoms with van der Waals surface area (Å²) in [4.78, 5) is 2.42. The van der Waals surface area contributed by atoms with Gasteiger partial charge in [0.05, 0.1) is 6.54 Å². The first kappa shape index (κ1) is 16.7. The van der Waals surface area contributed by atoms with Gasteiger partial charge in [-0.3, -0.25) is 0 Å². The standard InChI is InChI=1S/C18H25FN2O/c1-3-21(4-2)13-5-12-20-14-17-10-11-18(22-17)15-6-8-16(19)9-7-15/h6-11,20H,3-5,12-14H2,1-2H3. The van der Waals surface area contributed by atoms with Crippen molar-refractivity contribution >= 4 is 0 Å². The van der Waals surface area contributed by atoms with E-state index in [1.165, 1.54) is 12.1 Å². The number of rotatable bonds is 9. The van der Waals surface area contributed by atoms with Gasteiger partial charge in [0.25, 0.3) is 0 Å². The molecular formula is C18H25FN2O. The summed E-state index contributed by atoms with van der Waals surface area (Å²) in [6, 6.07) is 10.3. The van der Waals surface area contributed by atoms with Gasteiger partial charge in [-0.2, -0.15) is 0 Å². The summed E-state index contributed by atoms with van der Waals surface area (Å²) in [5.74, 6) is 1.45. The normalized spacial score (nSPS) is 11.3. The van der Waals surface area contributed by atoms with Crippen LogP contribution in [0.2, 0.25) is 0 Å². The SMILES string of the molecule is CCN(CC)CCCNCc1ccc(-c2ccc(F)cc2)o1. The summed E-state index contributed by atoms with van der Waals surface area (Å²) in [6.45, 7) is 9.42. The van der Waals surface area contributed by atoms with Crippen LogP contribution in [-0.2, 0) is 6.54 Å². The molecule has 22 heavy (non-hydrogen) atoms. The molecule has 1 aromatic heterocycles. The molecule has 0 aliphatic rings. The van der Waals surface area contributed by atoms with Gasteiger partial charge in [0.2, 0.25) is 0 Å². The lowest BCUT2D eigenvalue weighted by molar-refractivity contribution is 0.297. The summed E-state index contributed by atoms with van der Waals surface area (Å²) in [7, 11) is 0. The number of nitrogens with one attached hydrogen (secondary N) is 1. The molecule has 0 radical (unpaired) electrons. The van der Waals surface area contributed by atoms with Crippen LogP contribution in [0.1, 0.15) is 26.0 Å². The first-order chi connectivity index (χ1) is 10.7. The fourth-order valence-corrected chi connectivity index (χ4v) is 2.42. The van der Waals surface area contributed by atoms with Crippen LogP contribution in [0.3, 0.4) is 0 Å². The topological polar surface area (TPSA) is 28.4 Å². The highest BCUT2D eigenvalue weighted by atomic mass is 19.1. The molecule has 0 bridgehead atoms. The van der Waals surface area contributed by atoms with Crippen molar-refractivity contribution in [1.29, 1.82) is 0 Å². The molecule has 0 saturated carbocycles. The summed E-state index contributed by atoms with van der Waals surface area (Å²) in [5, 5.41) is 3.40. The molecule has 0 fully saturated rings. The lowest BCUT2D eigenvalue weighted by Crippen LogP contribution is -2.27. The van der Waals surface area contributed by atoms with Crippen molar-refractivity contribution < 1.29 is 8.81 Å². The molecule has 1 aromatic carbocycles. The first-order valence-electron chi connectivity index (χ1n) is 8.00. The van der Waals surface area contributed by atoms with Gasteiger partial charge in [-0.05, 0) is 69.0 Å². The second-order valence-electron chi connectivity index (χ2n) is 5.33. The van der Waals surface area contributed by atoms with Gasteiger partial charge >= 0.3 is 0 Å². The second kappa shape index (κ2) is 8.71. The van der Waals surface area contributed by atoms with Gasteiger partial charge in [-0.15, -0.1) is 0 Å². The van der Waals surface area contributed by atoms with Crippen molar-refractivity contribution in [3.63, 3.8) is 0 Å². The lowest BCUT2D eigenvalue weighted by Gasteiger charge is -2.17. The minimum Gasteiger partial charge on any atom is -0.460 e. The molecule has 3 nitrogen and oxygen atoms in total. The van der Waals surface area contributed by atoms with Crippen LogP contribution in [0.5, 0.6) is 0 Å². The van der Waals surface area contributed by atoms with E-state index in [1.54, 1.807) is 12.1 Å². The number of halogens is 1. The van der Waals surface area contributed by atoms with Crippen LogP contribution in [0.15, 0.2) is 40.8 Å². The molecule has 0 spiro atoms.